The number of carbonyl (C=O) groups excluding carboxylic acids is 1. The molecule has 0 aliphatic carbocycles. The second-order valence-electron chi connectivity index (χ2n) is 9.69. The van der Waals surface area contributed by atoms with Crippen LogP contribution in [0.2, 0.25) is 0 Å². The van der Waals surface area contributed by atoms with Crippen LogP contribution in [-0.2, 0) is 6.54 Å². The lowest BCUT2D eigenvalue weighted by atomic mass is 10.1. The van der Waals surface area contributed by atoms with Gasteiger partial charge in [-0.3, -0.25) is 14.1 Å². The third-order valence-corrected chi connectivity index (χ3v) is 8.32. The lowest BCUT2D eigenvalue weighted by molar-refractivity contribution is 0.0978. The van der Waals surface area contributed by atoms with E-state index in [2.05, 4.69) is 69.9 Å². The van der Waals surface area contributed by atoms with Gasteiger partial charge in [0.05, 0.1) is 15.9 Å². The average Bonchev–Trinajstić information content (AvgIpc) is 3.47. The monoisotopic (exact) mass is 503 g/mol. The van der Waals surface area contributed by atoms with Gasteiger partial charge in [0.2, 0.25) is 0 Å². The summed E-state index contributed by atoms with van der Waals surface area (Å²) < 4.78 is 3.27. The molecule has 0 bridgehead atoms. The summed E-state index contributed by atoms with van der Waals surface area (Å²) >= 11 is 1.65. The van der Waals surface area contributed by atoms with Gasteiger partial charge >= 0.3 is 0 Å². The molecule has 0 unspecified atom stereocenters. The van der Waals surface area contributed by atoms with E-state index < -0.39 is 0 Å². The number of hydrogen-bond donors (Lipinski definition) is 1. The Hall–Kier alpha value is -2.58. The van der Waals surface area contributed by atoms with Gasteiger partial charge in [-0.15, -0.1) is 0 Å². The Labute approximate surface area is 217 Å². The Kier molecular flexibility index (Phi) is 8.12. The molecule has 5 rings (SSSR count). The number of hydrogen-bond acceptors (Lipinski definition) is 6. The lowest BCUT2D eigenvalue weighted by Crippen LogP contribution is -2.42. The zero-order valence-electron chi connectivity index (χ0n) is 21.5. The molecule has 0 amide bonds. The van der Waals surface area contributed by atoms with Crippen molar-refractivity contribution in [3.05, 3.63) is 59.8 Å². The highest BCUT2D eigenvalue weighted by atomic mass is 32.1. The van der Waals surface area contributed by atoms with Crippen LogP contribution in [0, 0.1) is 0 Å². The molecule has 36 heavy (non-hydrogen) atoms. The Morgan fingerprint density at radius 3 is 2.58 bits per heavy atom. The number of nitrogens with one attached hydrogen (secondary N) is 1. The average molecular weight is 504 g/mol. The molecule has 190 valence electrons. The standard InChI is InChI=1S/C29H37N5OS/c1-3-32(4-2)16-6-5-7-27(35)24-12-13-26-28(19-24)36-29-31-25(21-34(26)29)23-10-8-22(9-11-23)20-33-17-14-30-15-18-33/h8-13,19,21,30H,3-7,14-18,20H2,1-2H3. The predicted molar refractivity (Wildman–Crippen MR) is 150 cm³/mol. The second-order valence-corrected chi connectivity index (χ2v) is 10.7. The summed E-state index contributed by atoms with van der Waals surface area (Å²) in [7, 11) is 0. The molecular formula is C29H37N5OS. The quantitative estimate of drug-likeness (QED) is 0.222. The molecule has 1 saturated heterocycles. The zero-order chi connectivity index (χ0) is 24.9. The smallest absolute Gasteiger partial charge is 0.195 e. The fourth-order valence-corrected chi connectivity index (χ4v) is 6.07. The lowest BCUT2D eigenvalue weighted by Gasteiger charge is -2.27. The number of unbranched alkanes of at least 4 members (excludes halogenated alkanes) is 1. The molecule has 0 atom stereocenters. The first-order chi connectivity index (χ1) is 17.6. The van der Waals surface area contributed by atoms with Crippen molar-refractivity contribution in [3.8, 4) is 11.3 Å². The van der Waals surface area contributed by atoms with Crippen LogP contribution in [0.5, 0.6) is 0 Å². The number of imidazole rings is 1. The Morgan fingerprint density at radius 1 is 1.06 bits per heavy atom. The molecular weight excluding hydrogens is 466 g/mol. The summed E-state index contributed by atoms with van der Waals surface area (Å²) in [6, 6.07) is 14.9. The third-order valence-electron chi connectivity index (χ3n) is 7.30. The van der Waals surface area contributed by atoms with E-state index in [4.69, 9.17) is 4.98 Å². The first-order valence-corrected chi connectivity index (χ1v) is 14.2. The Bertz CT molecular complexity index is 1300. The summed E-state index contributed by atoms with van der Waals surface area (Å²) in [5, 5.41) is 3.41. The minimum absolute atomic E-state index is 0.240. The number of rotatable bonds is 11. The van der Waals surface area contributed by atoms with E-state index in [1.807, 2.05) is 12.1 Å². The number of ketones is 1. The molecule has 2 aromatic heterocycles. The molecule has 1 N–H and O–H groups in total. The first kappa shape index (κ1) is 25.1. The molecule has 0 radical (unpaired) electrons. The van der Waals surface area contributed by atoms with Gasteiger partial charge in [-0.25, -0.2) is 4.98 Å². The van der Waals surface area contributed by atoms with Crippen molar-refractivity contribution in [2.24, 2.45) is 0 Å². The van der Waals surface area contributed by atoms with Gasteiger partial charge in [-0.2, -0.15) is 0 Å². The summed E-state index contributed by atoms with van der Waals surface area (Å²) in [6.07, 6.45) is 4.75. The van der Waals surface area contributed by atoms with E-state index >= 15 is 0 Å². The maximum Gasteiger partial charge on any atom is 0.195 e. The number of nitrogens with zero attached hydrogens (tertiary/aromatic N) is 4. The largest absolute Gasteiger partial charge is 0.314 e. The van der Waals surface area contributed by atoms with Gasteiger partial charge in [0.25, 0.3) is 0 Å². The molecule has 1 aliphatic rings. The van der Waals surface area contributed by atoms with E-state index in [1.54, 1.807) is 11.3 Å². The number of Topliss-reactive ketones (excluding diaryl/α,β-unsaturated/α-hetero) is 1. The minimum atomic E-state index is 0.240. The maximum atomic E-state index is 12.8. The number of carbonyl (C=O) groups is 1. The fourth-order valence-electron chi connectivity index (χ4n) is 5.03. The van der Waals surface area contributed by atoms with Crippen molar-refractivity contribution in [1.29, 1.82) is 0 Å². The molecule has 2 aromatic carbocycles. The van der Waals surface area contributed by atoms with E-state index in [0.717, 1.165) is 97.2 Å². The summed E-state index contributed by atoms with van der Waals surface area (Å²) in [4.78, 5) is 23.6. The van der Waals surface area contributed by atoms with Gasteiger partial charge < -0.3 is 10.2 Å². The highest BCUT2D eigenvalue weighted by Crippen LogP contribution is 2.30. The van der Waals surface area contributed by atoms with Crippen LogP contribution >= 0.6 is 11.3 Å². The molecule has 1 aliphatic heterocycles. The Morgan fingerprint density at radius 2 is 1.83 bits per heavy atom. The van der Waals surface area contributed by atoms with Crippen LogP contribution in [0.1, 0.15) is 49.0 Å². The van der Waals surface area contributed by atoms with Crippen molar-refractivity contribution in [3.63, 3.8) is 0 Å². The highest BCUT2D eigenvalue weighted by molar-refractivity contribution is 7.23. The first-order valence-electron chi connectivity index (χ1n) is 13.3. The predicted octanol–water partition coefficient (Wildman–Crippen LogP) is 5.32. The Balaban J connectivity index is 1.24. The van der Waals surface area contributed by atoms with E-state index in [-0.39, 0.29) is 5.78 Å². The number of fused-ring (bicyclic) bond motifs is 3. The van der Waals surface area contributed by atoms with Gasteiger partial charge in [0.1, 0.15) is 0 Å². The SMILES string of the molecule is CCN(CC)CCCCC(=O)c1ccc2c(c1)sc1nc(-c3ccc(CN4CCNCC4)cc3)cn12. The topological polar surface area (TPSA) is 52.9 Å². The highest BCUT2D eigenvalue weighted by Gasteiger charge is 2.14. The van der Waals surface area contributed by atoms with Crippen LogP contribution in [0.15, 0.2) is 48.7 Å². The van der Waals surface area contributed by atoms with Gasteiger partial charge in [0, 0.05) is 56.5 Å². The van der Waals surface area contributed by atoms with Crippen LogP contribution in [0.4, 0.5) is 0 Å². The van der Waals surface area contributed by atoms with E-state index in [0.29, 0.717) is 6.42 Å². The van der Waals surface area contributed by atoms with Crippen LogP contribution in [0.25, 0.3) is 26.4 Å². The van der Waals surface area contributed by atoms with Crippen molar-refractivity contribution < 1.29 is 4.79 Å². The van der Waals surface area contributed by atoms with Crippen molar-refractivity contribution in [1.82, 2.24) is 24.5 Å². The second kappa shape index (κ2) is 11.6. The maximum absolute atomic E-state index is 12.8. The molecule has 3 heterocycles. The number of benzene rings is 2. The summed E-state index contributed by atoms with van der Waals surface area (Å²) in [5.74, 6) is 0.240. The number of thiazole rings is 1. The molecule has 0 saturated carbocycles. The van der Waals surface area contributed by atoms with Crippen molar-refractivity contribution in [2.45, 2.75) is 39.7 Å². The summed E-state index contributed by atoms with van der Waals surface area (Å²) in [6.45, 7) is 13.0. The normalized spacial score (nSPS) is 14.9. The number of piperazine rings is 1. The van der Waals surface area contributed by atoms with Crippen molar-refractivity contribution >= 4 is 32.3 Å². The van der Waals surface area contributed by atoms with E-state index in [1.165, 1.54) is 5.56 Å². The van der Waals surface area contributed by atoms with Crippen LogP contribution < -0.4 is 5.32 Å². The van der Waals surface area contributed by atoms with Crippen LogP contribution in [-0.4, -0.2) is 70.8 Å². The van der Waals surface area contributed by atoms with Gasteiger partial charge in [-0.1, -0.05) is 49.4 Å². The number of aromatic nitrogens is 2. The fraction of sp³-hybridized carbons (Fsp3) is 0.448. The van der Waals surface area contributed by atoms with E-state index in [9.17, 15) is 4.79 Å². The third kappa shape index (κ3) is 5.70. The molecule has 0 spiro atoms. The van der Waals surface area contributed by atoms with Crippen molar-refractivity contribution in [2.75, 3.05) is 45.8 Å². The van der Waals surface area contributed by atoms with Gasteiger partial charge in [-0.05, 0) is 56.2 Å². The molecule has 1 fully saturated rings. The molecule has 6 nitrogen and oxygen atoms in total. The molecule has 7 heteroatoms. The van der Waals surface area contributed by atoms with Gasteiger partial charge in [0.15, 0.2) is 10.7 Å². The van der Waals surface area contributed by atoms with Crippen LogP contribution in [0.3, 0.4) is 0 Å². The summed E-state index contributed by atoms with van der Waals surface area (Å²) in [5.41, 5.74) is 5.40. The minimum Gasteiger partial charge on any atom is -0.314 e. The zero-order valence-corrected chi connectivity index (χ0v) is 22.3. The molecule has 4 aromatic rings.